The Labute approximate surface area is 226 Å². The number of fused-ring (bicyclic) bond motifs is 2. The van der Waals surface area contributed by atoms with Crippen molar-refractivity contribution in [2.24, 2.45) is 0 Å². The molecule has 3 aliphatic rings. The molecule has 0 aliphatic carbocycles. The molecule has 3 fully saturated rings. The van der Waals surface area contributed by atoms with E-state index in [4.69, 9.17) is 14.7 Å². The molecule has 1 N–H and O–H groups in total. The van der Waals surface area contributed by atoms with E-state index in [2.05, 4.69) is 46.3 Å². The van der Waals surface area contributed by atoms with Gasteiger partial charge in [0.25, 0.3) is 0 Å². The van der Waals surface area contributed by atoms with Crippen LogP contribution < -0.4 is 10.2 Å². The van der Waals surface area contributed by atoms with Crippen LogP contribution in [0.4, 0.5) is 5.95 Å². The van der Waals surface area contributed by atoms with Gasteiger partial charge in [-0.15, -0.1) is 0 Å². The molecule has 0 spiro atoms. The Balaban J connectivity index is 0.00000400. The predicted octanol–water partition coefficient (Wildman–Crippen LogP) is 4.07. The summed E-state index contributed by atoms with van der Waals surface area (Å²) >= 11 is 0. The SMILES string of the molecule is CC(C)OCC(=O)NCCCCCCN1CCC(c2cnc(N3C4CCC3CN(C(C)C)C4)nc2)CC1.[HH]. The van der Waals surface area contributed by atoms with Gasteiger partial charge in [0.2, 0.25) is 11.9 Å². The molecular formula is C29H52N6O2. The molecule has 0 saturated carbocycles. The van der Waals surface area contributed by atoms with Gasteiger partial charge in [-0.1, -0.05) is 12.8 Å². The summed E-state index contributed by atoms with van der Waals surface area (Å²) in [4.78, 5) is 29.2. The summed E-state index contributed by atoms with van der Waals surface area (Å²) in [5.74, 6) is 1.52. The molecule has 3 saturated heterocycles. The first-order valence-electron chi connectivity index (χ1n) is 14.9. The van der Waals surface area contributed by atoms with Gasteiger partial charge in [-0.2, -0.15) is 0 Å². The van der Waals surface area contributed by atoms with E-state index in [1.54, 1.807) is 0 Å². The van der Waals surface area contributed by atoms with E-state index >= 15 is 0 Å². The standard InChI is InChI=1S/C29H50N6O2.H2/c1-22(2)34-19-26-9-10-27(20-34)35(26)29-31-17-25(18-32-29)24-11-15-33(16-12-24)14-8-6-5-7-13-30-28(36)21-37-23(3)4;/h17-18,22-24,26-27H,5-16,19-21H2,1-4H3,(H,30,36);1H. The minimum Gasteiger partial charge on any atom is -0.369 e. The number of carbonyl (C=O) groups excluding carboxylic acids is 1. The first-order chi connectivity index (χ1) is 17.9. The number of hydrogen-bond acceptors (Lipinski definition) is 7. The van der Waals surface area contributed by atoms with Crippen LogP contribution in [0, 0.1) is 0 Å². The lowest BCUT2D eigenvalue weighted by molar-refractivity contribution is -0.127. The molecule has 4 rings (SSSR count). The van der Waals surface area contributed by atoms with Crippen LogP contribution in [0.3, 0.4) is 0 Å². The number of amides is 1. The lowest BCUT2D eigenvalue weighted by Gasteiger charge is -2.42. The van der Waals surface area contributed by atoms with Gasteiger partial charge < -0.3 is 19.9 Å². The zero-order valence-corrected chi connectivity index (χ0v) is 23.7. The molecule has 1 amide bonds. The molecule has 2 atom stereocenters. The molecule has 2 unspecified atom stereocenters. The second-order valence-corrected chi connectivity index (χ2v) is 11.9. The number of likely N-dealkylation sites (tertiary alicyclic amines) is 2. The number of carbonyl (C=O) groups is 1. The van der Waals surface area contributed by atoms with Gasteiger partial charge in [0.15, 0.2) is 0 Å². The Morgan fingerprint density at radius 3 is 2.27 bits per heavy atom. The van der Waals surface area contributed by atoms with Gasteiger partial charge in [-0.05, 0) is 97.3 Å². The predicted molar refractivity (Wildman–Crippen MR) is 151 cm³/mol. The Morgan fingerprint density at radius 2 is 1.65 bits per heavy atom. The lowest BCUT2D eigenvalue weighted by Crippen LogP contribution is -2.56. The molecule has 37 heavy (non-hydrogen) atoms. The topological polar surface area (TPSA) is 73.8 Å². The Kier molecular flexibility index (Phi) is 10.6. The fourth-order valence-electron chi connectivity index (χ4n) is 6.18. The van der Waals surface area contributed by atoms with Gasteiger partial charge in [-0.25, -0.2) is 9.97 Å². The Morgan fingerprint density at radius 1 is 1.00 bits per heavy atom. The van der Waals surface area contributed by atoms with E-state index < -0.39 is 0 Å². The quantitative estimate of drug-likeness (QED) is 0.396. The lowest BCUT2D eigenvalue weighted by atomic mass is 9.91. The second kappa shape index (κ2) is 13.9. The molecule has 0 aromatic carbocycles. The minimum atomic E-state index is -0.00630. The molecule has 1 aromatic heterocycles. The van der Waals surface area contributed by atoms with E-state index in [1.165, 1.54) is 70.1 Å². The van der Waals surface area contributed by atoms with Crippen molar-refractivity contribution in [1.82, 2.24) is 25.1 Å². The van der Waals surface area contributed by atoms with Gasteiger partial charge in [0.1, 0.15) is 6.61 Å². The molecule has 4 heterocycles. The smallest absolute Gasteiger partial charge is 0.246 e. The molecule has 3 aliphatic heterocycles. The number of piperidine rings is 1. The molecule has 1 aromatic rings. The number of nitrogens with zero attached hydrogens (tertiary/aromatic N) is 5. The third kappa shape index (κ3) is 8.11. The summed E-state index contributed by atoms with van der Waals surface area (Å²) in [7, 11) is 0. The van der Waals surface area contributed by atoms with Gasteiger partial charge in [-0.3, -0.25) is 9.69 Å². The Hall–Kier alpha value is -1.77. The van der Waals surface area contributed by atoms with E-state index in [0.29, 0.717) is 24.0 Å². The minimum absolute atomic E-state index is 0. The van der Waals surface area contributed by atoms with E-state index in [-0.39, 0.29) is 20.0 Å². The van der Waals surface area contributed by atoms with Crippen molar-refractivity contribution in [1.29, 1.82) is 0 Å². The average Bonchev–Trinajstić information content (AvgIpc) is 3.15. The number of unbranched alkanes of at least 4 members (excludes halogenated alkanes) is 3. The number of ether oxygens (including phenoxy) is 1. The summed E-state index contributed by atoms with van der Waals surface area (Å²) in [6.45, 7) is 15.2. The first-order valence-corrected chi connectivity index (χ1v) is 14.9. The fourth-order valence-corrected chi connectivity index (χ4v) is 6.18. The molecule has 210 valence electrons. The maximum atomic E-state index is 11.7. The van der Waals surface area contributed by atoms with E-state index in [0.717, 1.165) is 32.0 Å². The van der Waals surface area contributed by atoms with Crippen LogP contribution in [-0.2, 0) is 9.53 Å². The second-order valence-electron chi connectivity index (χ2n) is 11.9. The van der Waals surface area contributed by atoms with Crippen molar-refractivity contribution < 1.29 is 11.0 Å². The average molecular weight is 517 g/mol. The zero-order chi connectivity index (χ0) is 26.2. The van der Waals surface area contributed by atoms with Gasteiger partial charge in [0.05, 0.1) is 6.10 Å². The van der Waals surface area contributed by atoms with Crippen LogP contribution in [0.2, 0.25) is 0 Å². The van der Waals surface area contributed by atoms with Crippen molar-refractivity contribution in [3.63, 3.8) is 0 Å². The largest absolute Gasteiger partial charge is 0.369 e. The fraction of sp³-hybridized carbons (Fsp3) is 0.828. The molecule has 8 nitrogen and oxygen atoms in total. The highest BCUT2D eigenvalue weighted by molar-refractivity contribution is 5.77. The molecular weight excluding hydrogens is 464 g/mol. The third-order valence-electron chi connectivity index (χ3n) is 8.46. The summed E-state index contributed by atoms with van der Waals surface area (Å²) in [5, 5.41) is 2.94. The number of rotatable bonds is 13. The maximum absolute atomic E-state index is 11.7. The zero-order valence-electron chi connectivity index (χ0n) is 23.7. The summed E-state index contributed by atoms with van der Waals surface area (Å²) in [6.07, 6.45) is 13.9. The maximum Gasteiger partial charge on any atom is 0.246 e. The van der Waals surface area contributed by atoms with Crippen molar-refractivity contribution >= 4 is 11.9 Å². The Bertz CT molecular complexity index is 817. The highest BCUT2D eigenvalue weighted by atomic mass is 16.5. The summed E-state index contributed by atoms with van der Waals surface area (Å²) < 4.78 is 5.32. The molecule has 2 bridgehead atoms. The normalized spacial score (nSPS) is 23.4. The van der Waals surface area contributed by atoms with Crippen LogP contribution in [0.5, 0.6) is 0 Å². The monoisotopic (exact) mass is 516 g/mol. The van der Waals surface area contributed by atoms with Gasteiger partial charge in [0, 0.05) is 51.6 Å². The number of aromatic nitrogens is 2. The first kappa shape index (κ1) is 28.2. The highest BCUT2D eigenvalue weighted by Gasteiger charge is 2.41. The van der Waals surface area contributed by atoms with E-state index in [9.17, 15) is 4.79 Å². The number of anilines is 1. The summed E-state index contributed by atoms with van der Waals surface area (Å²) in [6, 6.07) is 1.76. The highest BCUT2D eigenvalue weighted by Crippen LogP contribution is 2.34. The van der Waals surface area contributed by atoms with Crippen LogP contribution in [0.15, 0.2) is 12.4 Å². The van der Waals surface area contributed by atoms with Crippen LogP contribution in [0.25, 0.3) is 0 Å². The van der Waals surface area contributed by atoms with Crippen molar-refractivity contribution in [2.45, 2.75) is 109 Å². The van der Waals surface area contributed by atoms with Crippen LogP contribution in [-0.4, -0.2) is 95.8 Å². The molecule has 8 heteroatoms. The van der Waals surface area contributed by atoms with Gasteiger partial charge >= 0.3 is 0 Å². The third-order valence-corrected chi connectivity index (χ3v) is 8.46. The van der Waals surface area contributed by atoms with Crippen molar-refractivity contribution in [3.05, 3.63) is 18.0 Å². The van der Waals surface area contributed by atoms with E-state index in [1.807, 2.05) is 13.8 Å². The number of piperazine rings is 1. The van der Waals surface area contributed by atoms with Crippen molar-refractivity contribution in [2.75, 3.05) is 50.8 Å². The molecule has 0 radical (unpaired) electrons. The summed E-state index contributed by atoms with van der Waals surface area (Å²) in [5.41, 5.74) is 1.32. The number of hydrogen-bond donors (Lipinski definition) is 1. The number of nitrogens with one attached hydrogen (secondary N) is 1. The van der Waals surface area contributed by atoms with Crippen LogP contribution >= 0.6 is 0 Å². The van der Waals surface area contributed by atoms with Crippen molar-refractivity contribution in [3.8, 4) is 0 Å². The van der Waals surface area contributed by atoms with Crippen LogP contribution in [0.1, 0.15) is 92.0 Å².